The number of nitrogens with zero attached hydrogens (tertiary/aromatic N) is 1. The number of hydrogen-bond donors (Lipinski definition) is 0. The molecule has 1 atom stereocenters. The second-order valence-electron chi connectivity index (χ2n) is 12.3. The number of benzene rings is 5. The normalized spacial score (nSPS) is 17.9. The lowest BCUT2D eigenvalue weighted by Gasteiger charge is -2.36. The molecule has 36 heavy (non-hydrogen) atoms. The minimum Gasteiger partial charge on any atom is -0.341 e. The first-order valence-corrected chi connectivity index (χ1v) is 16.8. The van der Waals surface area contributed by atoms with Gasteiger partial charge in [-0.05, 0) is 74.0 Å². The van der Waals surface area contributed by atoms with E-state index in [0.29, 0.717) is 5.67 Å². The fourth-order valence-electron chi connectivity index (χ4n) is 6.86. The van der Waals surface area contributed by atoms with E-state index in [2.05, 4.69) is 129 Å². The Labute approximate surface area is 215 Å². The van der Waals surface area contributed by atoms with Crippen LogP contribution in [0.2, 0.25) is 19.6 Å². The molecule has 1 aliphatic carbocycles. The van der Waals surface area contributed by atoms with Gasteiger partial charge in [-0.15, -0.1) is 0 Å². The SMILES string of the molecule is CC1(C)c2cc(N3c4ccccc4CC3[Si](C)(C)C)ccc2-c2c1ccc1c2ccc2ccccc21. The molecule has 0 radical (unpaired) electrons. The summed E-state index contributed by atoms with van der Waals surface area (Å²) in [6.45, 7) is 12.4. The second-order valence-corrected chi connectivity index (χ2v) is 17.7. The maximum atomic E-state index is 2.67. The monoisotopic (exact) mass is 483 g/mol. The van der Waals surface area contributed by atoms with Crippen LogP contribution in [-0.4, -0.2) is 13.7 Å². The second kappa shape index (κ2) is 7.33. The van der Waals surface area contributed by atoms with Gasteiger partial charge in [-0.2, -0.15) is 0 Å². The summed E-state index contributed by atoms with van der Waals surface area (Å²) in [5, 5.41) is 5.37. The lowest BCUT2D eigenvalue weighted by atomic mass is 9.81. The van der Waals surface area contributed by atoms with Crippen LogP contribution < -0.4 is 4.90 Å². The first-order chi connectivity index (χ1) is 17.2. The molecular formula is C34H33NSi. The van der Waals surface area contributed by atoms with Crippen molar-refractivity contribution in [1.29, 1.82) is 0 Å². The number of para-hydroxylation sites is 1. The first-order valence-electron chi connectivity index (χ1n) is 13.2. The highest BCUT2D eigenvalue weighted by Gasteiger charge is 2.41. The Balaban J connectivity index is 1.45. The zero-order valence-corrected chi connectivity index (χ0v) is 22.9. The van der Waals surface area contributed by atoms with Gasteiger partial charge in [0.05, 0.1) is 8.07 Å². The summed E-state index contributed by atoms with van der Waals surface area (Å²) < 4.78 is 0. The van der Waals surface area contributed by atoms with Crippen molar-refractivity contribution in [2.24, 2.45) is 0 Å². The molecule has 178 valence electrons. The molecule has 2 heteroatoms. The van der Waals surface area contributed by atoms with Gasteiger partial charge < -0.3 is 4.90 Å². The molecule has 0 saturated carbocycles. The summed E-state index contributed by atoms with van der Waals surface area (Å²) in [4.78, 5) is 2.67. The van der Waals surface area contributed by atoms with Crippen LogP contribution in [-0.2, 0) is 11.8 Å². The Morgan fingerprint density at radius 3 is 2.31 bits per heavy atom. The Morgan fingerprint density at radius 1 is 0.722 bits per heavy atom. The summed E-state index contributed by atoms with van der Waals surface area (Å²) in [6.07, 6.45) is 1.16. The molecule has 0 N–H and O–H groups in total. The van der Waals surface area contributed by atoms with Crippen LogP contribution in [0.5, 0.6) is 0 Å². The number of anilines is 2. The number of hydrogen-bond acceptors (Lipinski definition) is 1. The highest BCUT2D eigenvalue weighted by atomic mass is 28.3. The summed E-state index contributed by atoms with van der Waals surface area (Å²) in [7, 11) is -1.43. The average molecular weight is 484 g/mol. The van der Waals surface area contributed by atoms with Crippen LogP contribution in [0.1, 0.15) is 30.5 Å². The molecule has 0 saturated heterocycles. The van der Waals surface area contributed by atoms with E-state index >= 15 is 0 Å². The zero-order chi connectivity index (χ0) is 24.8. The number of fused-ring (bicyclic) bond motifs is 8. The minimum absolute atomic E-state index is 0.0333. The van der Waals surface area contributed by atoms with Crippen LogP contribution in [0.25, 0.3) is 32.7 Å². The molecule has 0 fully saturated rings. The van der Waals surface area contributed by atoms with Gasteiger partial charge in [0.1, 0.15) is 0 Å². The summed E-state index contributed by atoms with van der Waals surface area (Å²) >= 11 is 0. The quantitative estimate of drug-likeness (QED) is 0.179. The van der Waals surface area contributed by atoms with Gasteiger partial charge in [-0.3, -0.25) is 0 Å². The van der Waals surface area contributed by atoms with Gasteiger partial charge in [-0.1, -0.05) is 106 Å². The minimum atomic E-state index is -1.43. The van der Waals surface area contributed by atoms with Gasteiger partial charge >= 0.3 is 0 Å². The Morgan fingerprint density at radius 2 is 1.47 bits per heavy atom. The predicted molar refractivity (Wildman–Crippen MR) is 158 cm³/mol. The highest BCUT2D eigenvalue weighted by Crippen LogP contribution is 2.53. The van der Waals surface area contributed by atoms with Crippen molar-refractivity contribution in [3.8, 4) is 11.1 Å². The van der Waals surface area contributed by atoms with Crippen molar-refractivity contribution in [2.75, 3.05) is 4.90 Å². The van der Waals surface area contributed by atoms with E-state index in [1.165, 1.54) is 60.7 Å². The molecule has 2 aliphatic rings. The summed E-state index contributed by atoms with van der Waals surface area (Å²) in [6, 6.07) is 34.5. The first kappa shape index (κ1) is 21.9. The van der Waals surface area contributed by atoms with Crippen molar-refractivity contribution in [3.05, 3.63) is 108 Å². The van der Waals surface area contributed by atoms with E-state index < -0.39 is 8.07 Å². The van der Waals surface area contributed by atoms with Crippen LogP contribution in [0.3, 0.4) is 0 Å². The van der Waals surface area contributed by atoms with Gasteiger partial charge in [0.15, 0.2) is 0 Å². The molecule has 5 aromatic carbocycles. The molecule has 0 amide bonds. The molecule has 0 bridgehead atoms. The van der Waals surface area contributed by atoms with Gasteiger partial charge in [0.2, 0.25) is 0 Å². The van der Waals surface area contributed by atoms with Crippen LogP contribution in [0.15, 0.2) is 91.0 Å². The molecule has 1 heterocycles. The smallest absolute Gasteiger partial charge is 0.0714 e. The van der Waals surface area contributed by atoms with Crippen LogP contribution >= 0.6 is 0 Å². The van der Waals surface area contributed by atoms with Gasteiger partial charge in [0, 0.05) is 22.5 Å². The van der Waals surface area contributed by atoms with E-state index in [0.717, 1.165) is 6.42 Å². The molecule has 1 unspecified atom stereocenters. The topological polar surface area (TPSA) is 3.24 Å². The van der Waals surface area contributed by atoms with Gasteiger partial charge in [-0.25, -0.2) is 0 Å². The zero-order valence-electron chi connectivity index (χ0n) is 21.9. The molecule has 1 aliphatic heterocycles. The third kappa shape index (κ3) is 2.94. The fraction of sp³-hybridized carbons (Fsp3) is 0.235. The lowest BCUT2D eigenvalue weighted by Crippen LogP contribution is -2.47. The van der Waals surface area contributed by atoms with Gasteiger partial charge in [0.25, 0.3) is 0 Å². The largest absolute Gasteiger partial charge is 0.341 e. The van der Waals surface area contributed by atoms with Crippen molar-refractivity contribution >= 4 is 41.0 Å². The van der Waals surface area contributed by atoms with E-state index in [4.69, 9.17) is 0 Å². The molecule has 0 aromatic heterocycles. The fourth-order valence-corrected chi connectivity index (χ4v) is 8.76. The Kier molecular flexibility index (Phi) is 4.46. The molecular weight excluding hydrogens is 450 g/mol. The van der Waals surface area contributed by atoms with E-state index in [-0.39, 0.29) is 5.41 Å². The lowest BCUT2D eigenvalue weighted by molar-refractivity contribution is 0.660. The van der Waals surface area contributed by atoms with Crippen LogP contribution in [0.4, 0.5) is 11.4 Å². The van der Waals surface area contributed by atoms with Crippen molar-refractivity contribution in [3.63, 3.8) is 0 Å². The summed E-state index contributed by atoms with van der Waals surface area (Å²) in [5.41, 5.74) is 10.5. The number of rotatable bonds is 2. The Bertz CT molecular complexity index is 1690. The molecule has 5 aromatic rings. The molecule has 1 nitrogen and oxygen atoms in total. The average Bonchev–Trinajstić information content (AvgIpc) is 3.37. The predicted octanol–water partition coefficient (Wildman–Crippen LogP) is 9.24. The van der Waals surface area contributed by atoms with Crippen molar-refractivity contribution in [2.45, 2.75) is 51.0 Å². The summed E-state index contributed by atoms with van der Waals surface area (Å²) in [5.74, 6) is 0. The van der Waals surface area contributed by atoms with Crippen LogP contribution in [0, 0.1) is 0 Å². The van der Waals surface area contributed by atoms with E-state index in [1.54, 1.807) is 0 Å². The maximum absolute atomic E-state index is 2.67. The standard InChI is InChI=1S/C34H33NSi/c1-34(2)29-19-18-26-25-12-8-6-10-22(25)14-16-27(26)33(29)28-17-15-24(21-30(28)34)35-31-13-9-7-11-23(31)20-32(35)36(3,4)5/h6-19,21,32H,20H2,1-5H3. The van der Waals surface area contributed by atoms with Crippen molar-refractivity contribution < 1.29 is 0 Å². The van der Waals surface area contributed by atoms with E-state index in [9.17, 15) is 0 Å². The van der Waals surface area contributed by atoms with Crippen molar-refractivity contribution in [1.82, 2.24) is 0 Å². The molecule has 7 rings (SSSR count). The van der Waals surface area contributed by atoms with E-state index in [1.807, 2.05) is 0 Å². The third-order valence-corrected chi connectivity index (χ3v) is 11.3. The maximum Gasteiger partial charge on any atom is 0.0714 e. The highest BCUT2D eigenvalue weighted by molar-refractivity contribution is 6.78. The molecule has 0 spiro atoms. The Hall–Kier alpha value is -3.36. The third-order valence-electron chi connectivity index (χ3n) is 8.80.